The van der Waals surface area contributed by atoms with E-state index in [0.29, 0.717) is 5.56 Å². The predicted molar refractivity (Wildman–Crippen MR) is 51.0 cm³/mol. The Kier molecular flexibility index (Phi) is 6.60. The molecule has 0 heterocycles. The number of hydrogen-bond donors (Lipinski definition) is 1. The fourth-order valence-electron chi connectivity index (χ4n) is 0.837. The molecule has 3 heteroatoms. The summed E-state index contributed by atoms with van der Waals surface area (Å²) in [6.07, 6.45) is 0. The predicted octanol–water partition coefficient (Wildman–Crippen LogP) is 2.51. The maximum atomic E-state index is 10.1. The quantitative estimate of drug-likeness (QED) is 0.641. The SMILES string of the molecule is O=C(O)[c-]1cccc1.[Ru].[cH-]1[cH-][cH-][cH-][cH-]1. The molecule has 2 aromatic carbocycles. The molecule has 0 radical (unpaired) electrons. The second kappa shape index (κ2) is 7.22. The minimum Gasteiger partial charge on any atom is -0.748 e. The molecule has 0 unspecified atom stereocenters. The van der Waals surface area contributed by atoms with Gasteiger partial charge in [-0.3, -0.25) is 4.79 Å². The Morgan fingerprint density at radius 1 is 1.00 bits per heavy atom. The van der Waals surface area contributed by atoms with Gasteiger partial charge in [0.05, 0.1) is 0 Å². The third kappa shape index (κ3) is 4.73. The molecule has 0 atom stereocenters. The van der Waals surface area contributed by atoms with Crippen LogP contribution in [0.3, 0.4) is 0 Å². The molecule has 0 fully saturated rings. The summed E-state index contributed by atoms with van der Waals surface area (Å²) in [7, 11) is 0. The summed E-state index contributed by atoms with van der Waals surface area (Å²) in [6.45, 7) is 0. The molecule has 2 rings (SSSR count). The fraction of sp³-hybridized carbons (Fsp3) is 0. The summed E-state index contributed by atoms with van der Waals surface area (Å²) >= 11 is 0. The van der Waals surface area contributed by atoms with Gasteiger partial charge in [0.2, 0.25) is 0 Å². The molecule has 2 nitrogen and oxygen atoms in total. The minimum absolute atomic E-state index is 0. The van der Waals surface area contributed by atoms with E-state index in [0.717, 1.165) is 0 Å². The van der Waals surface area contributed by atoms with Crippen molar-refractivity contribution in [3.05, 3.63) is 60.2 Å². The molecule has 0 aliphatic rings. The molecule has 0 aliphatic heterocycles. The first-order chi connectivity index (χ1) is 6.30. The zero-order valence-electron chi connectivity index (χ0n) is 7.41. The molecule has 0 amide bonds. The van der Waals surface area contributed by atoms with Gasteiger partial charge in [-0.25, -0.2) is 12.1 Å². The summed E-state index contributed by atoms with van der Waals surface area (Å²) in [6, 6.07) is 16.5. The van der Waals surface area contributed by atoms with Crippen molar-refractivity contribution in [2.45, 2.75) is 0 Å². The molecule has 0 bridgehead atoms. The van der Waals surface area contributed by atoms with Gasteiger partial charge in [-0.2, -0.15) is 12.1 Å². The number of carboxylic acids is 1. The molecular weight excluding hydrogens is 265 g/mol. The van der Waals surface area contributed by atoms with Gasteiger partial charge < -0.3 is 35.4 Å². The molecule has 0 saturated heterocycles. The van der Waals surface area contributed by atoms with Crippen LogP contribution in [0.4, 0.5) is 0 Å². The van der Waals surface area contributed by atoms with E-state index in [9.17, 15) is 4.79 Å². The molecule has 0 aliphatic carbocycles. The third-order valence-corrected chi connectivity index (χ3v) is 1.47. The Morgan fingerprint density at radius 3 is 1.57 bits per heavy atom. The van der Waals surface area contributed by atoms with Crippen LogP contribution in [-0.2, 0) is 19.5 Å². The van der Waals surface area contributed by atoms with E-state index in [1.54, 1.807) is 24.3 Å². The zero-order valence-corrected chi connectivity index (χ0v) is 9.14. The number of hydrogen-bond acceptors (Lipinski definition) is 1. The van der Waals surface area contributed by atoms with Crippen LogP contribution >= 0.6 is 0 Å². The van der Waals surface area contributed by atoms with Crippen LogP contribution < -0.4 is 0 Å². The summed E-state index contributed by atoms with van der Waals surface area (Å²) in [5.74, 6) is -0.866. The average molecular weight is 275 g/mol. The van der Waals surface area contributed by atoms with Gasteiger partial charge in [0.15, 0.2) is 0 Å². The van der Waals surface area contributed by atoms with E-state index in [-0.39, 0.29) is 19.5 Å². The Bertz CT molecular complexity index is 305. The smallest absolute Gasteiger partial charge is 0.278 e. The van der Waals surface area contributed by atoms with Crippen LogP contribution in [0.2, 0.25) is 0 Å². The second-order valence-corrected chi connectivity index (χ2v) is 2.44. The Morgan fingerprint density at radius 2 is 1.36 bits per heavy atom. The van der Waals surface area contributed by atoms with E-state index < -0.39 is 5.97 Å². The normalized spacial score (nSPS) is 8.00. The van der Waals surface area contributed by atoms with Crippen LogP contribution in [-0.4, -0.2) is 11.1 Å². The standard InChI is InChI=1S/C6H5O2.C5H5.Ru/c7-6(8)5-3-1-2-4-5;1-2-4-5-3-1;/h1-4H,(H,7,8);1-5H;/q-1;-5;. The number of aromatic carboxylic acids is 1. The van der Waals surface area contributed by atoms with Crippen LogP contribution in [0, 0.1) is 0 Å². The maximum Gasteiger partial charge on any atom is 0.278 e. The van der Waals surface area contributed by atoms with Crippen molar-refractivity contribution in [3.8, 4) is 0 Å². The molecular formula is C11H10O2Ru-6. The van der Waals surface area contributed by atoms with E-state index in [1.807, 2.05) is 30.3 Å². The van der Waals surface area contributed by atoms with Crippen LogP contribution in [0.15, 0.2) is 54.6 Å². The summed E-state index contributed by atoms with van der Waals surface area (Å²) in [5, 5.41) is 8.27. The Hall–Kier alpha value is -1.21. The number of carbonyl (C=O) groups is 1. The van der Waals surface area contributed by atoms with Gasteiger partial charge in [-0.15, -0.1) is 0 Å². The maximum absolute atomic E-state index is 10.1. The molecule has 2 aromatic rings. The first-order valence-corrected chi connectivity index (χ1v) is 3.92. The summed E-state index contributed by atoms with van der Waals surface area (Å²) in [5.41, 5.74) is 0.352. The molecule has 0 spiro atoms. The molecule has 14 heavy (non-hydrogen) atoms. The van der Waals surface area contributed by atoms with E-state index in [1.165, 1.54) is 0 Å². The molecule has 0 aromatic heterocycles. The van der Waals surface area contributed by atoms with E-state index in [4.69, 9.17) is 5.11 Å². The van der Waals surface area contributed by atoms with E-state index >= 15 is 0 Å². The summed E-state index contributed by atoms with van der Waals surface area (Å²) < 4.78 is 0. The van der Waals surface area contributed by atoms with Crippen molar-refractivity contribution < 1.29 is 29.4 Å². The van der Waals surface area contributed by atoms with Gasteiger partial charge in [0, 0.05) is 19.5 Å². The van der Waals surface area contributed by atoms with Gasteiger partial charge in [0.25, 0.3) is 5.97 Å². The van der Waals surface area contributed by atoms with Gasteiger partial charge in [0.1, 0.15) is 0 Å². The van der Waals surface area contributed by atoms with Gasteiger partial charge >= 0.3 is 0 Å². The van der Waals surface area contributed by atoms with E-state index in [2.05, 4.69) is 0 Å². The largest absolute Gasteiger partial charge is 0.748 e. The van der Waals surface area contributed by atoms with Gasteiger partial charge in [-0.05, 0) is 0 Å². The monoisotopic (exact) mass is 276 g/mol. The fourth-order valence-corrected chi connectivity index (χ4v) is 0.837. The average Bonchev–Trinajstić information content (AvgIpc) is 2.82. The minimum atomic E-state index is -0.866. The molecule has 1 N–H and O–H groups in total. The topological polar surface area (TPSA) is 37.3 Å². The molecule has 0 saturated carbocycles. The van der Waals surface area contributed by atoms with Crippen LogP contribution in [0.25, 0.3) is 0 Å². The third-order valence-electron chi connectivity index (χ3n) is 1.47. The second-order valence-electron chi connectivity index (χ2n) is 2.44. The van der Waals surface area contributed by atoms with Crippen molar-refractivity contribution in [2.75, 3.05) is 0 Å². The Balaban J connectivity index is 0.000000246. The van der Waals surface area contributed by atoms with Crippen molar-refractivity contribution in [3.63, 3.8) is 0 Å². The van der Waals surface area contributed by atoms with Crippen molar-refractivity contribution in [1.82, 2.24) is 0 Å². The zero-order chi connectivity index (χ0) is 9.52. The summed E-state index contributed by atoms with van der Waals surface area (Å²) in [4.78, 5) is 10.1. The first kappa shape index (κ1) is 12.8. The Labute approximate surface area is 95.7 Å². The van der Waals surface area contributed by atoms with Crippen molar-refractivity contribution in [1.29, 1.82) is 0 Å². The first-order valence-electron chi connectivity index (χ1n) is 3.92. The van der Waals surface area contributed by atoms with Crippen molar-refractivity contribution in [2.24, 2.45) is 0 Å². The van der Waals surface area contributed by atoms with Gasteiger partial charge in [-0.1, -0.05) is 5.56 Å². The van der Waals surface area contributed by atoms with Crippen LogP contribution in [0.5, 0.6) is 0 Å². The number of carboxylic acid groups (broad SMARTS) is 1. The van der Waals surface area contributed by atoms with Crippen LogP contribution in [0.1, 0.15) is 10.4 Å². The van der Waals surface area contributed by atoms with Crippen molar-refractivity contribution >= 4 is 5.97 Å². The number of rotatable bonds is 1. The molecule has 80 valence electrons.